The molecule has 4 heteroatoms. The summed E-state index contributed by atoms with van der Waals surface area (Å²) in [7, 11) is 3.87. The largest absolute Gasteiger partial charge is 0.368 e. The molecule has 4 N–H and O–H groups in total. The molecule has 0 aliphatic carbocycles. The lowest BCUT2D eigenvalue weighted by molar-refractivity contribution is -0.123. The molecule has 0 aliphatic rings. The number of primary amides is 1. The third-order valence-corrected chi connectivity index (χ3v) is 2.68. The molecular formula is C12H19N3O. The summed E-state index contributed by atoms with van der Waals surface area (Å²) in [5.74, 6) is -0.486. The van der Waals surface area contributed by atoms with Gasteiger partial charge in [-0.05, 0) is 26.1 Å². The molecule has 1 unspecified atom stereocenters. The normalized spacial score (nSPS) is 14.8. The molecule has 16 heavy (non-hydrogen) atoms. The van der Waals surface area contributed by atoms with Crippen molar-refractivity contribution in [3.8, 4) is 0 Å². The first kappa shape index (κ1) is 12.7. The van der Waals surface area contributed by atoms with Gasteiger partial charge in [-0.25, -0.2) is 0 Å². The molecule has 1 amide bonds. The quantitative estimate of drug-likeness (QED) is 0.750. The predicted molar refractivity (Wildman–Crippen MR) is 64.7 cm³/mol. The maximum absolute atomic E-state index is 11.5. The molecule has 0 radical (unpaired) electrons. The van der Waals surface area contributed by atoms with Gasteiger partial charge in [-0.15, -0.1) is 0 Å². The maximum atomic E-state index is 11.5. The van der Waals surface area contributed by atoms with E-state index in [9.17, 15) is 4.79 Å². The summed E-state index contributed by atoms with van der Waals surface area (Å²) in [6, 6.07) is 9.27. The second-order valence-electron chi connectivity index (χ2n) is 4.25. The summed E-state index contributed by atoms with van der Waals surface area (Å²) < 4.78 is 0. The molecule has 0 saturated heterocycles. The summed E-state index contributed by atoms with van der Waals surface area (Å²) >= 11 is 0. The summed E-state index contributed by atoms with van der Waals surface area (Å²) in [4.78, 5) is 13.5. The van der Waals surface area contributed by atoms with Gasteiger partial charge in [0.15, 0.2) is 0 Å². The molecule has 0 spiro atoms. The Kier molecular flexibility index (Phi) is 4.04. The van der Waals surface area contributed by atoms with Crippen LogP contribution >= 0.6 is 0 Å². The van der Waals surface area contributed by atoms with Gasteiger partial charge in [-0.2, -0.15) is 0 Å². The Morgan fingerprint density at radius 1 is 1.31 bits per heavy atom. The zero-order valence-corrected chi connectivity index (χ0v) is 9.81. The molecule has 4 nitrogen and oxygen atoms in total. The maximum Gasteiger partial charge on any atom is 0.242 e. The van der Waals surface area contributed by atoms with Crippen molar-refractivity contribution < 1.29 is 4.79 Å². The first-order valence-corrected chi connectivity index (χ1v) is 5.26. The highest BCUT2D eigenvalue weighted by atomic mass is 16.1. The van der Waals surface area contributed by atoms with Crippen LogP contribution in [0.25, 0.3) is 0 Å². The van der Waals surface area contributed by atoms with Crippen LogP contribution in [0.3, 0.4) is 0 Å². The van der Waals surface area contributed by atoms with E-state index in [4.69, 9.17) is 11.5 Å². The topological polar surface area (TPSA) is 72.3 Å². The van der Waals surface area contributed by atoms with Crippen molar-refractivity contribution in [2.75, 3.05) is 20.6 Å². The Morgan fingerprint density at radius 3 is 2.31 bits per heavy atom. The second kappa shape index (κ2) is 5.09. The minimum Gasteiger partial charge on any atom is -0.368 e. The molecule has 1 aromatic carbocycles. The van der Waals surface area contributed by atoms with Crippen LogP contribution in [0.1, 0.15) is 12.0 Å². The zero-order chi connectivity index (χ0) is 12.2. The fraction of sp³-hybridized carbons (Fsp3) is 0.417. The molecule has 0 aromatic heterocycles. The molecule has 88 valence electrons. The molecular weight excluding hydrogens is 202 g/mol. The number of amides is 1. The summed E-state index contributed by atoms with van der Waals surface area (Å²) in [5.41, 5.74) is 11.2. The van der Waals surface area contributed by atoms with Crippen LogP contribution in [0.15, 0.2) is 30.3 Å². The fourth-order valence-corrected chi connectivity index (χ4v) is 1.55. The van der Waals surface area contributed by atoms with Gasteiger partial charge < -0.3 is 16.4 Å². The van der Waals surface area contributed by atoms with Crippen LogP contribution in [0.4, 0.5) is 0 Å². The molecule has 0 bridgehead atoms. The van der Waals surface area contributed by atoms with Crippen molar-refractivity contribution in [2.24, 2.45) is 11.5 Å². The Balaban J connectivity index is 2.93. The highest BCUT2D eigenvalue weighted by Gasteiger charge is 2.33. The molecule has 0 aliphatic heterocycles. The van der Waals surface area contributed by atoms with Gasteiger partial charge in [0.05, 0.1) is 0 Å². The van der Waals surface area contributed by atoms with E-state index in [-0.39, 0.29) is 0 Å². The van der Waals surface area contributed by atoms with E-state index in [1.165, 1.54) is 0 Å². The van der Waals surface area contributed by atoms with E-state index >= 15 is 0 Å². The lowest BCUT2D eigenvalue weighted by Gasteiger charge is -2.27. The monoisotopic (exact) mass is 221 g/mol. The van der Waals surface area contributed by atoms with Crippen LogP contribution in [-0.4, -0.2) is 31.4 Å². The standard InChI is InChI=1S/C12H19N3O/c1-15(2)9-8-12(14,11(13)16)10-6-4-3-5-7-10/h3-7H,8-9,14H2,1-2H3,(H2,13,16). The number of nitrogens with two attached hydrogens (primary N) is 2. The van der Waals surface area contributed by atoms with Crippen molar-refractivity contribution in [1.29, 1.82) is 0 Å². The number of hydrogen-bond donors (Lipinski definition) is 2. The predicted octanol–water partition coefficient (Wildman–Crippen LogP) is 0.278. The van der Waals surface area contributed by atoms with Crippen molar-refractivity contribution in [2.45, 2.75) is 12.0 Å². The number of carbonyl (C=O) groups is 1. The fourth-order valence-electron chi connectivity index (χ4n) is 1.55. The van der Waals surface area contributed by atoms with Crippen LogP contribution in [0.5, 0.6) is 0 Å². The van der Waals surface area contributed by atoms with Gasteiger partial charge in [0, 0.05) is 6.54 Å². The number of benzene rings is 1. The lowest BCUT2D eigenvalue weighted by Crippen LogP contribution is -2.50. The molecule has 1 aromatic rings. The van der Waals surface area contributed by atoms with E-state index in [0.29, 0.717) is 13.0 Å². The van der Waals surface area contributed by atoms with Crippen molar-refractivity contribution in [3.63, 3.8) is 0 Å². The van der Waals surface area contributed by atoms with Gasteiger partial charge in [0.1, 0.15) is 5.54 Å². The number of nitrogens with zero attached hydrogens (tertiary/aromatic N) is 1. The highest BCUT2D eigenvalue weighted by molar-refractivity contribution is 5.85. The first-order valence-electron chi connectivity index (χ1n) is 5.26. The van der Waals surface area contributed by atoms with Crippen molar-refractivity contribution in [1.82, 2.24) is 4.90 Å². The molecule has 0 heterocycles. The van der Waals surface area contributed by atoms with Gasteiger partial charge >= 0.3 is 0 Å². The smallest absolute Gasteiger partial charge is 0.242 e. The third kappa shape index (κ3) is 2.81. The molecule has 1 atom stereocenters. The number of rotatable bonds is 5. The summed E-state index contributed by atoms with van der Waals surface area (Å²) in [5, 5.41) is 0. The summed E-state index contributed by atoms with van der Waals surface area (Å²) in [6.45, 7) is 0.717. The third-order valence-electron chi connectivity index (χ3n) is 2.68. The van der Waals surface area contributed by atoms with E-state index in [1.54, 1.807) is 0 Å². The van der Waals surface area contributed by atoms with Crippen molar-refractivity contribution >= 4 is 5.91 Å². The number of hydrogen-bond acceptors (Lipinski definition) is 3. The minimum absolute atomic E-state index is 0.486. The minimum atomic E-state index is -1.08. The Hall–Kier alpha value is -1.39. The van der Waals surface area contributed by atoms with Crippen LogP contribution in [0.2, 0.25) is 0 Å². The second-order valence-corrected chi connectivity index (χ2v) is 4.25. The van der Waals surface area contributed by atoms with Crippen LogP contribution in [-0.2, 0) is 10.3 Å². The van der Waals surface area contributed by atoms with E-state index in [0.717, 1.165) is 5.56 Å². The molecule has 1 rings (SSSR count). The number of carbonyl (C=O) groups excluding carboxylic acids is 1. The average molecular weight is 221 g/mol. The van der Waals surface area contributed by atoms with E-state index in [1.807, 2.05) is 49.3 Å². The van der Waals surface area contributed by atoms with Gasteiger partial charge in [0.2, 0.25) is 5.91 Å². The first-order chi connectivity index (χ1) is 7.47. The van der Waals surface area contributed by atoms with Gasteiger partial charge in [-0.1, -0.05) is 30.3 Å². The van der Waals surface area contributed by atoms with Crippen LogP contribution < -0.4 is 11.5 Å². The summed E-state index contributed by atoms with van der Waals surface area (Å²) in [6.07, 6.45) is 0.513. The van der Waals surface area contributed by atoms with Crippen molar-refractivity contribution in [3.05, 3.63) is 35.9 Å². The van der Waals surface area contributed by atoms with Gasteiger partial charge in [0.25, 0.3) is 0 Å². The zero-order valence-electron chi connectivity index (χ0n) is 9.81. The van der Waals surface area contributed by atoms with Gasteiger partial charge in [-0.3, -0.25) is 4.79 Å². The lowest BCUT2D eigenvalue weighted by atomic mass is 9.87. The van der Waals surface area contributed by atoms with E-state index in [2.05, 4.69) is 0 Å². The average Bonchev–Trinajstić information content (AvgIpc) is 2.26. The SMILES string of the molecule is CN(C)CCC(N)(C(N)=O)c1ccccc1. The Morgan fingerprint density at radius 2 is 1.88 bits per heavy atom. The highest BCUT2D eigenvalue weighted by Crippen LogP contribution is 2.21. The molecule has 0 fully saturated rings. The van der Waals surface area contributed by atoms with Crippen LogP contribution in [0, 0.1) is 0 Å². The van der Waals surface area contributed by atoms with E-state index < -0.39 is 11.4 Å². The Labute approximate surface area is 96.2 Å². The molecule has 0 saturated carbocycles. The Bertz CT molecular complexity index is 351.